The van der Waals surface area contributed by atoms with Crippen LogP contribution in [-0.4, -0.2) is 38.7 Å². The molecule has 3 aromatic rings. The van der Waals surface area contributed by atoms with Crippen molar-refractivity contribution in [2.75, 3.05) is 11.9 Å². The number of hydrogen-bond donors (Lipinski definition) is 2. The minimum Gasteiger partial charge on any atom is -0.370 e. The molecule has 0 saturated carbocycles. The lowest BCUT2D eigenvalue weighted by atomic mass is 9.93. The highest BCUT2D eigenvalue weighted by Crippen LogP contribution is 2.36. The Morgan fingerprint density at radius 3 is 2.37 bits per heavy atom. The van der Waals surface area contributed by atoms with E-state index in [0.29, 0.717) is 5.82 Å². The number of nitrogens with two attached hydrogens (primary N) is 1. The molecule has 0 fully saturated rings. The van der Waals surface area contributed by atoms with Crippen LogP contribution in [0.15, 0.2) is 12.1 Å². The average Bonchev–Trinajstić information content (AvgIpc) is 3.20. The zero-order valence-electron chi connectivity index (χ0n) is 18.8. The van der Waals surface area contributed by atoms with Crippen molar-refractivity contribution in [3.63, 3.8) is 0 Å². The molecule has 2 amide bonds. The third-order valence-corrected chi connectivity index (χ3v) is 5.45. The minimum absolute atomic E-state index is 0.0306. The van der Waals surface area contributed by atoms with E-state index in [1.807, 2.05) is 37.4 Å². The number of aromatic amines is 1. The number of nitrogens with one attached hydrogen (secondary N) is 1. The van der Waals surface area contributed by atoms with Crippen LogP contribution in [-0.2, 0) is 15.0 Å². The molecule has 0 atom stereocenters. The van der Waals surface area contributed by atoms with Gasteiger partial charge in [-0.25, -0.2) is 4.52 Å². The monoisotopic (exact) mass is 410 g/mol. The highest BCUT2D eigenvalue weighted by molar-refractivity contribution is 5.97. The van der Waals surface area contributed by atoms with Gasteiger partial charge in [0.15, 0.2) is 11.5 Å². The van der Waals surface area contributed by atoms with E-state index in [-0.39, 0.29) is 24.2 Å². The highest BCUT2D eigenvalue weighted by atomic mass is 16.2. The molecule has 0 aliphatic heterocycles. The summed E-state index contributed by atoms with van der Waals surface area (Å²) in [4.78, 5) is 25.3. The standard InChI is InChI=1S/C22H30N6O2/c1-12-10-13(2)20(27(7)18(30)9-8-16(23)29)14(3)19(12)21-25-24-17-11-15(22(4,5)6)26-28(17)21/h10-11,26H,8-9H2,1-7H3,(H2,23,29). The summed E-state index contributed by atoms with van der Waals surface area (Å²) in [5.41, 5.74) is 11.7. The van der Waals surface area contributed by atoms with Crippen LogP contribution in [0.3, 0.4) is 0 Å². The molecule has 0 saturated heterocycles. The molecule has 30 heavy (non-hydrogen) atoms. The second kappa shape index (κ2) is 7.59. The van der Waals surface area contributed by atoms with Gasteiger partial charge in [0.2, 0.25) is 11.8 Å². The van der Waals surface area contributed by atoms with Crippen molar-refractivity contribution in [2.24, 2.45) is 5.73 Å². The number of hydrogen-bond acceptors (Lipinski definition) is 4. The maximum atomic E-state index is 12.6. The Morgan fingerprint density at radius 2 is 1.77 bits per heavy atom. The molecule has 8 nitrogen and oxygen atoms in total. The van der Waals surface area contributed by atoms with Crippen molar-refractivity contribution in [3.05, 3.63) is 34.5 Å². The van der Waals surface area contributed by atoms with Gasteiger partial charge in [-0.05, 0) is 37.5 Å². The Labute approximate surface area is 176 Å². The van der Waals surface area contributed by atoms with Gasteiger partial charge in [0, 0.05) is 48.3 Å². The Balaban J connectivity index is 2.12. The molecule has 8 heteroatoms. The highest BCUT2D eigenvalue weighted by Gasteiger charge is 2.24. The Bertz CT molecular complexity index is 1130. The fraction of sp³-hybridized carbons (Fsp3) is 0.455. The van der Waals surface area contributed by atoms with E-state index in [1.165, 1.54) is 0 Å². The Hall–Kier alpha value is -3.16. The molecule has 160 valence electrons. The predicted molar refractivity (Wildman–Crippen MR) is 118 cm³/mol. The lowest BCUT2D eigenvalue weighted by molar-refractivity contribution is -0.123. The first-order chi connectivity index (χ1) is 13.9. The molecule has 3 N–H and O–H groups in total. The molecule has 0 aliphatic carbocycles. The molecule has 2 heterocycles. The molecule has 3 rings (SSSR count). The zero-order chi connectivity index (χ0) is 22.4. The SMILES string of the molecule is Cc1cc(C)c(N(C)C(=O)CCC(N)=O)c(C)c1-c1nnc2cc(C(C)(C)C)[nH]n12. The predicted octanol–water partition coefficient (Wildman–Crippen LogP) is 3.18. The van der Waals surface area contributed by atoms with E-state index >= 15 is 0 Å². The number of carbonyl (C=O) groups excluding carboxylic acids is 2. The number of fused-ring (bicyclic) bond motifs is 1. The Morgan fingerprint density at radius 1 is 1.10 bits per heavy atom. The lowest BCUT2D eigenvalue weighted by Gasteiger charge is -2.24. The molecular formula is C22H30N6O2. The van der Waals surface area contributed by atoms with Gasteiger partial charge >= 0.3 is 0 Å². The van der Waals surface area contributed by atoms with Crippen molar-refractivity contribution < 1.29 is 9.59 Å². The van der Waals surface area contributed by atoms with Crippen LogP contribution in [0.1, 0.15) is 56.0 Å². The van der Waals surface area contributed by atoms with Crippen LogP contribution in [0.5, 0.6) is 0 Å². The van der Waals surface area contributed by atoms with Crippen LogP contribution >= 0.6 is 0 Å². The number of aromatic nitrogens is 4. The van der Waals surface area contributed by atoms with Crippen molar-refractivity contribution in [1.82, 2.24) is 19.8 Å². The smallest absolute Gasteiger partial charge is 0.227 e. The number of benzene rings is 1. The number of anilines is 1. The minimum atomic E-state index is -0.484. The van der Waals surface area contributed by atoms with E-state index in [0.717, 1.165) is 39.3 Å². The largest absolute Gasteiger partial charge is 0.370 e. The lowest BCUT2D eigenvalue weighted by Crippen LogP contribution is -2.29. The maximum Gasteiger partial charge on any atom is 0.227 e. The number of amides is 2. The summed E-state index contributed by atoms with van der Waals surface area (Å²) in [5, 5.41) is 12.2. The number of primary amides is 1. The van der Waals surface area contributed by atoms with Crippen LogP contribution < -0.4 is 10.6 Å². The number of nitrogens with zero attached hydrogens (tertiary/aromatic N) is 4. The van der Waals surface area contributed by atoms with Gasteiger partial charge in [0.05, 0.1) is 0 Å². The van der Waals surface area contributed by atoms with E-state index in [2.05, 4.69) is 36.1 Å². The summed E-state index contributed by atoms with van der Waals surface area (Å²) in [6.45, 7) is 12.4. The second-order valence-electron chi connectivity index (χ2n) is 8.92. The summed E-state index contributed by atoms with van der Waals surface area (Å²) in [6.07, 6.45) is 0.109. The fourth-order valence-electron chi connectivity index (χ4n) is 3.89. The number of rotatable bonds is 5. The molecule has 0 unspecified atom stereocenters. The first kappa shape index (κ1) is 21.5. The molecule has 2 aromatic heterocycles. The number of carbonyl (C=O) groups is 2. The number of H-pyrrole nitrogens is 1. The first-order valence-electron chi connectivity index (χ1n) is 10.0. The van der Waals surface area contributed by atoms with Crippen molar-refractivity contribution in [1.29, 1.82) is 0 Å². The van der Waals surface area contributed by atoms with Gasteiger partial charge < -0.3 is 10.6 Å². The average molecular weight is 411 g/mol. The quantitative estimate of drug-likeness (QED) is 0.673. The summed E-state index contributed by atoms with van der Waals surface area (Å²) >= 11 is 0. The molecule has 0 aliphatic rings. The van der Waals surface area contributed by atoms with E-state index in [4.69, 9.17) is 5.73 Å². The molecular weight excluding hydrogens is 380 g/mol. The van der Waals surface area contributed by atoms with Gasteiger partial charge in [-0.3, -0.25) is 14.7 Å². The fourth-order valence-corrected chi connectivity index (χ4v) is 3.89. The van der Waals surface area contributed by atoms with Crippen molar-refractivity contribution in [2.45, 2.75) is 59.8 Å². The van der Waals surface area contributed by atoms with Crippen molar-refractivity contribution >= 4 is 23.1 Å². The van der Waals surface area contributed by atoms with Gasteiger partial charge in [-0.2, -0.15) is 0 Å². The van der Waals surface area contributed by atoms with E-state index in [1.54, 1.807) is 11.9 Å². The maximum absolute atomic E-state index is 12.6. The third kappa shape index (κ3) is 3.81. The normalized spacial score (nSPS) is 11.8. The van der Waals surface area contributed by atoms with Crippen molar-refractivity contribution in [3.8, 4) is 11.4 Å². The van der Waals surface area contributed by atoms with Gasteiger partial charge in [0.25, 0.3) is 0 Å². The summed E-state index contributed by atoms with van der Waals surface area (Å²) in [6, 6.07) is 4.06. The third-order valence-electron chi connectivity index (χ3n) is 5.45. The van der Waals surface area contributed by atoms with Crippen LogP contribution in [0.4, 0.5) is 5.69 Å². The summed E-state index contributed by atoms with van der Waals surface area (Å²) < 4.78 is 1.89. The zero-order valence-corrected chi connectivity index (χ0v) is 18.8. The first-order valence-corrected chi connectivity index (χ1v) is 10.0. The summed E-state index contributed by atoms with van der Waals surface area (Å²) in [7, 11) is 1.73. The van der Waals surface area contributed by atoms with Crippen LogP contribution in [0, 0.1) is 20.8 Å². The van der Waals surface area contributed by atoms with Crippen LogP contribution in [0.2, 0.25) is 0 Å². The van der Waals surface area contributed by atoms with E-state index < -0.39 is 5.91 Å². The van der Waals surface area contributed by atoms with Crippen LogP contribution in [0.25, 0.3) is 17.0 Å². The molecule has 0 radical (unpaired) electrons. The van der Waals surface area contributed by atoms with Gasteiger partial charge in [-0.1, -0.05) is 26.8 Å². The van der Waals surface area contributed by atoms with E-state index in [9.17, 15) is 9.59 Å². The topological polar surface area (TPSA) is 109 Å². The second-order valence-corrected chi connectivity index (χ2v) is 8.92. The number of aryl methyl sites for hydroxylation is 2. The molecule has 0 bridgehead atoms. The Kier molecular flexibility index (Phi) is 5.45. The van der Waals surface area contributed by atoms with Gasteiger partial charge in [0.1, 0.15) is 0 Å². The van der Waals surface area contributed by atoms with Gasteiger partial charge in [-0.15, -0.1) is 10.2 Å². The molecule has 1 aromatic carbocycles. The summed E-state index contributed by atoms with van der Waals surface area (Å²) in [5.74, 6) is 0.0628. The molecule has 0 spiro atoms.